The second kappa shape index (κ2) is 10.5. The Morgan fingerprint density at radius 3 is 2.75 bits per heavy atom. The quantitative estimate of drug-likeness (QED) is 0.509. The lowest BCUT2D eigenvalue weighted by molar-refractivity contribution is -0.205. The number of aliphatic hydroxyl groups is 1. The maximum Gasteiger partial charge on any atom is 0.407 e. The van der Waals surface area contributed by atoms with Gasteiger partial charge >= 0.3 is 11.7 Å². The highest BCUT2D eigenvalue weighted by molar-refractivity contribution is 5.78. The van der Waals surface area contributed by atoms with E-state index in [1.165, 1.54) is 6.07 Å². The van der Waals surface area contributed by atoms with Crippen molar-refractivity contribution >= 4 is 12.0 Å². The Hall–Kier alpha value is -2.39. The summed E-state index contributed by atoms with van der Waals surface area (Å²) in [5, 5.41) is 18.1. The molecule has 40 heavy (non-hydrogen) atoms. The molecule has 220 valence electrons. The molecule has 1 aromatic heterocycles. The SMILES string of the molecule is C[C@]12CC[C@H](OC(=O)NCCN3CCNC(=O)C3)C[C@H]1CC[C@@H]1[C@@H]2CC[C@]2(C)[C@@H](c3ccc(=O)oc3)CC[C@]12O. The zero-order valence-electron chi connectivity index (χ0n) is 24.0. The first-order valence-electron chi connectivity index (χ1n) is 15.4. The molecule has 1 aliphatic heterocycles. The van der Waals surface area contributed by atoms with E-state index in [1.807, 2.05) is 11.0 Å². The number of hydrogen-bond acceptors (Lipinski definition) is 7. The smallest absolute Gasteiger partial charge is 0.407 e. The predicted molar refractivity (Wildman–Crippen MR) is 149 cm³/mol. The molecule has 4 saturated carbocycles. The summed E-state index contributed by atoms with van der Waals surface area (Å²) in [6.07, 6.45) is 9.78. The second-order valence-corrected chi connectivity index (χ2v) is 13.7. The third-order valence-corrected chi connectivity index (χ3v) is 12.0. The number of piperazine rings is 1. The van der Waals surface area contributed by atoms with E-state index in [9.17, 15) is 19.5 Å². The molecule has 1 aromatic rings. The molecule has 5 fully saturated rings. The number of hydrogen-bond donors (Lipinski definition) is 3. The van der Waals surface area contributed by atoms with Crippen LogP contribution >= 0.6 is 0 Å². The molecule has 1 saturated heterocycles. The molecule has 5 aliphatic rings. The van der Waals surface area contributed by atoms with Crippen LogP contribution in [0.5, 0.6) is 0 Å². The third-order valence-electron chi connectivity index (χ3n) is 12.0. The molecule has 6 rings (SSSR count). The topological polar surface area (TPSA) is 121 Å². The average Bonchev–Trinajstić information content (AvgIpc) is 3.20. The van der Waals surface area contributed by atoms with Crippen LogP contribution < -0.4 is 16.3 Å². The summed E-state index contributed by atoms with van der Waals surface area (Å²) in [6, 6.07) is 3.39. The van der Waals surface area contributed by atoms with E-state index >= 15 is 0 Å². The number of amides is 2. The van der Waals surface area contributed by atoms with E-state index in [0.29, 0.717) is 38.0 Å². The van der Waals surface area contributed by atoms with Gasteiger partial charge in [0.2, 0.25) is 5.91 Å². The molecule has 0 bridgehead atoms. The first kappa shape index (κ1) is 27.8. The van der Waals surface area contributed by atoms with Crippen LogP contribution in [-0.2, 0) is 9.53 Å². The Bertz CT molecular complexity index is 1170. The number of alkyl carbamates (subject to hydrolysis) is 1. The lowest BCUT2D eigenvalue weighted by Gasteiger charge is -2.63. The van der Waals surface area contributed by atoms with Crippen LogP contribution in [0.25, 0.3) is 0 Å². The van der Waals surface area contributed by atoms with Gasteiger partial charge in [-0.15, -0.1) is 0 Å². The van der Waals surface area contributed by atoms with Crippen molar-refractivity contribution in [2.45, 2.75) is 89.3 Å². The van der Waals surface area contributed by atoms with Crippen LogP contribution in [-0.4, -0.2) is 66.4 Å². The molecule has 9 nitrogen and oxygen atoms in total. The normalized spacial score (nSPS) is 41.3. The zero-order valence-corrected chi connectivity index (χ0v) is 24.0. The summed E-state index contributed by atoms with van der Waals surface area (Å²) < 4.78 is 11.1. The first-order valence-corrected chi connectivity index (χ1v) is 15.4. The molecule has 0 unspecified atom stereocenters. The van der Waals surface area contributed by atoms with Gasteiger partial charge in [0, 0.05) is 37.7 Å². The maximum absolute atomic E-state index is 12.6. The van der Waals surface area contributed by atoms with Gasteiger partial charge in [0.25, 0.3) is 0 Å². The number of ether oxygens (including phenoxy) is 1. The van der Waals surface area contributed by atoms with Crippen LogP contribution in [0.2, 0.25) is 0 Å². The van der Waals surface area contributed by atoms with Gasteiger partial charge in [-0.2, -0.15) is 0 Å². The highest BCUT2D eigenvalue weighted by atomic mass is 16.6. The molecule has 0 aromatic carbocycles. The third kappa shape index (κ3) is 4.67. The van der Waals surface area contributed by atoms with Crippen molar-refractivity contribution in [2.75, 3.05) is 32.7 Å². The second-order valence-electron chi connectivity index (χ2n) is 13.7. The van der Waals surface area contributed by atoms with Crippen LogP contribution in [0.3, 0.4) is 0 Å². The molecule has 8 atom stereocenters. The van der Waals surface area contributed by atoms with Crippen LogP contribution in [0.15, 0.2) is 27.6 Å². The number of nitrogens with one attached hydrogen (secondary N) is 2. The summed E-state index contributed by atoms with van der Waals surface area (Å²) in [5.41, 5.74) is -0.0977. The highest BCUT2D eigenvalue weighted by Crippen LogP contribution is 2.70. The van der Waals surface area contributed by atoms with Crippen LogP contribution in [0.1, 0.15) is 83.1 Å². The Morgan fingerprint density at radius 2 is 1.98 bits per heavy atom. The van der Waals surface area contributed by atoms with Gasteiger partial charge in [0.15, 0.2) is 0 Å². The summed E-state index contributed by atoms with van der Waals surface area (Å²) in [6.45, 7) is 7.63. The highest BCUT2D eigenvalue weighted by Gasteiger charge is 2.67. The van der Waals surface area contributed by atoms with Gasteiger partial charge < -0.3 is 24.9 Å². The van der Waals surface area contributed by atoms with Gasteiger partial charge in [-0.25, -0.2) is 9.59 Å². The molecule has 3 N–H and O–H groups in total. The fourth-order valence-corrected chi connectivity index (χ4v) is 9.79. The Balaban J connectivity index is 1.06. The zero-order chi connectivity index (χ0) is 28.1. The standard InChI is InChI=1S/C31H45N3O6/c1-29-10-7-22(40-28(37)33-14-16-34-15-13-32-26(35)18-34)17-21(29)4-5-25-24(29)8-11-30(2)23(9-12-31(25,30)38)20-3-6-27(36)39-19-20/h3,6,19,21-25,38H,4-5,7-18H2,1-2H3,(H,32,35)(H,33,37)/t21-,22+,23-,24+,25-,29+,30-,31+/m1/s1. The minimum atomic E-state index is -0.715. The van der Waals surface area contributed by atoms with Crippen LogP contribution in [0.4, 0.5) is 4.79 Å². The van der Waals surface area contributed by atoms with E-state index in [-0.39, 0.29) is 46.4 Å². The van der Waals surface area contributed by atoms with Crippen molar-refractivity contribution in [2.24, 2.45) is 28.6 Å². The van der Waals surface area contributed by atoms with Gasteiger partial charge in [0.1, 0.15) is 6.10 Å². The Kier molecular flexibility index (Phi) is 7.26. The summed E-state index contributed by atoms with van der Waals surface area (Å²) in [7, 11) is 0. The van der Waals surface area contributed by atoms with Gasteiger partial charge in [-0.1, -0.05) is 13.8 Å². The van der Waals surface area contributed by atoms with E-state index in [2.05, 4.69) is 24.5 Å². The van der Waals surface area contributed by atoms with Crippen molar-refractivity contribution in [3.05, 3.63) is 34.4 Å². The van der Waals surface area contributed by atoms with Crippen LogP contribution in [0, 0.1) is 28.6 Å². The number of fused-ring (bicyclic) bond motifs is 5. The lowest BCUT2D eigenvalue weighted by Crippen LogP contribution is -2.62. The van der Waals surface area contributed by atoms with Gasteiger partial charge in [-0.3, -0.25) is 9.69 Å². The fourth-order valence-electron chi connectivity index (χ4n) is 9.79. The fraction of sp³-hybridized carbons (Fsp3) is 0.774. The van der Waals surface area contributed by atoms with E-state index in [4.69, 9.17) is 9.15 Å². The first-order chi connectivity index (χ1) is 19.1. The molecule has 2 amide bonds. The molecule has 0 spiro atoms. The molecule has 2 heterocycles. The molecule has 0 radical (unpaired) electrons. The summed E-state index contributed by atoms with van der Waals surface area (Å²) >= 11 is 0. The van der Waals surface area contributed by atoms with E-state index < -0.39 is 5.60 Å². The Morgan fingerprint density at radius 1 is 1.12 bits per heavy atom. The summed E-state index contributed by atoms with van der Waals surface area (Å²) in [5.74, 6) is 1.45. The van der Waals surface area contributed by atoms with Crippen molar-refractivity contribution in [3.63, 3.8) is 0 Å². The molecule has 9 heteroatoms. The minimum Gasteiger partial charge on any atom is -0.446 e. The van der Waals surface area contributed by atoms with Crippen molar-refractivity contribution < 1.29 is 23.8 Å². The minimum absolute atomic E-state index is 0.0299. The molecular formula is C31H45N3O6. The summed E-state index contributed by atoms with van der Waals surface area (Å²) in [4.78, 5) is 37.7. The van der Waals surface area contributed by atoms with Crippen molar-refractivity contribution in [1.29, 1.82) is 0 Å². The monoisotopic (exact) mass is 555 g/mol. The van der Waals surface area contributed by atoms with Crippen molar-refractivity contribution in [3.8, 4) is 0 Å². The number of nitrogens with zero attached hydrogens (tertiary/aromatic N) is 1. The lowest BCUT2D eigenvalue weighted by atomic mass is 9.43. The maximum atomic E-state index is 12.6. The Labute approximate surface area is 236 Å². The van der Waals surface area contributed by atoms with Gasteiger partial charge in [0.05, 0.1) is 18.4 Å². The van der Waals surface area contributed by atoms with E-state index in [1.54, 1.807) is 6.26 Å². The number of carbonyl (C=O) groups excluding carboxylic acids is 2. The largest absolute Gasteiger partial charge is 0.446 e. The van der Waals surface area contributed by atoms with Gasteiger partial charge in [-0.05, 0) is 98.5 Å². The average molecular weight is 556 g/mol. The number of rotatable bonds is 5. The van der Waals surface area contributed by atoms with E-state index in [0.717, 1.165) is 69.9 Å². The number of carbonyl (C=O) groups is 2. The van der Waals surface area contributed by atoms with Crippen molar-refractivity contribution in [1.82, 2.24) is 15.5 Å². The molecule has 4 aliphatic carbocycles. The predicted octanol–water partition coefficient (Wildman–Crippen LogP) is 3.41. The molecular weight excluding hydrogens is 510 g/mol.